The largest absolute Gasteiger partial charge is 0.323 e. The van der Waals surface area contributed by atoms with E-state index in [2.05, 4.69) is 15.0 Å². The lowest BCUT2D eigenvalue weighted by atomic mass is 10.2. The van der Waals surface area contributed by atoms with E-state index >= 15 is 0 Å². The number of anilines is 1. The average molecular weight is 462 g/mol. The summed E-state index contributed by atoms with van der Waals surface area (Å²) in [6.07, 6.45) is 6.30. The first kappa shape index (κ1) is 22.0. The molecule has 0 fully saturated rings. The zero-order chi connectivity index (χ0) is 21.6. The van der Waals surface area contributed by atoms with E-state index < -0.39 is 10.0 Å². The van der Waals surface area contributed by atoms with Gasteiger partial charge in [-0.3, -0.25) is 9.78 Å². The van der Waals surface area contributed by atoms with Gasteiger partial charge in [0.15, 0.2) is 0 Å². The number of amides is 1. The van der Waals surface area contributed by atoms with E-state index in [1.807, 2.05) is 0 Å². The van der Waals surface area contributed by atoms with E-state index in [0.717, 1.165) is 5.56 Å². The van der Waals surface area contributed by atoms with Crippen LogP contribution in [0, 0.1) is 0 Å². The van der Waals surface area contributed by atoms with Crippen LogP contribution in [0.15, 0.2) is 78.0 Å². The number of hydrogen-bond donors (Lipinski definition) is 2. The van der Waals surface area contributed by atoms with Gasteiger partial charge >= 0.3 is 0 Å². The molecule has 30 heavy (non-hydrogen) atoms. The second kappa shape index (κ2) is 9.86. The first-order valence-electron chi connectivity index (χ1n) is 8.76. The van der Waals surface area contributed by atoms with Crippen molar-refractivity contribution in [1.29, 1.82) is 0 Å². The maximum Gasteiger partial charge on any atom is 0.248 e. The molecule has 3 aromatic rings. The molecule has 0 radical (unpaired) electrons. The van der Waals surface area contributed by atoms with Crippen molar-refractivity contribution in [1.82, 2.24) is 9.71 Å². The summed E-state index contributed by atoms with van der Waals surface area (Å²) in [5, 5.41) is 3.53. The van der Waals surface area contributed by atoms with Crippen LogP contribution in [0.3, 0.4) is 0 Å². The summed E-state index contributed by atoms with van der Waals surface area (Å²) in [5.41, 5.74) is 1.95. The van der Waals surface area contributed by atoms with Gasteiger partial charge in [0, 0.05) is 40.7 Å². The minimum atomic E-state index is -3.74. The Morgan fingerprint density at radius 3 is 2.23 bits per heavy atom. The van der Waals surface area contributed by atoms with Crippen LogP contribution in [0.25, 0.3) is 6.08 Å². The smallest absolute Gasteiger partial charge is 0.248 e. The first-order chi connectivity index (χ1) is 14.3. The number of hydrogen-bond acceptors (Lipinski definition) is 4. The van der Waals surface area contributed by atoms with E-state index in [4.69, 9.17) is 23.2 Å². The van der Waals surface area contributed by atoms with E-state index in [9.17, 15) is 13.2 Å². The number of aromatic nitrogens is 1. The van der Waals surface area contributed by atoms with E-state index in [0.29, 0.717) is 21.3 Å². The predicted molar refractivity (Wildman–Crippen MR) is 119 cm³/mol. The van der Waals surface area contributed by atoms with Gasteiger partial charge < -0.3 is 5.32 Å². The summed E-state index contributed by atoms with van der Waals surface area (Å²) in [5.74, 6) is -0.335. The molecule has 0 saturated heterocycles. The van der Waals surface area contributed by atoms with E-state index in [1.165, 1.54) is 30.3 Å². The quantitative estimate of drug-likeness (QED) is 0.506. The fraction of sp³-hybridized carbons (Fsp3) is 0.0476. The number of carbonyl (C=O) groups is 1. The van der Waals surface area contributed by atoms with Gasteiger partial charge in [0.25, 0.3) is 0 Å². The Balaban J connectivity index is 1.61. The van der Waals surface area contributed by atoms with Gasteiger partial charge in [0.05, 0.1) is 4.90 Å². The molecule has 0 saturated carbocycles. The lowest BCUT2D eigenvalue weighted by Gasteiger charge is -2.09. The maximum absolute atomic E-state index is 12.5. The molecule has 3 rings (SSSR count). The summed E-state index contributed by atoms with van der Waals surface area (Å²) < 4.78 is 27.5. The highest BCUT2D eigenvalue weighted by molar-refractivity contribution is 7.89. The zero-order valence-corrected chi connectivity index (χ0v) is 17.9. The monoisotopic (exact) mass is 461 g/mol. The molecule has 1 aromatic heterocycles. The SMILES string of the molecule is O=C(/C=C/c1ccncc1)Nc1ccc(S(=O)(=O)NCc2cc(Cl)cc(Cl)c2)cc1. The number of rotatable bonds is 7. The predicted octanol–water partition coefficient (Wildman–Crippen LogP) is 4.52. The third-order valence-corrected chi connectivity index (χ3v) is 5.81. The minimum absolute atomic E-state index is 0.0426. The molecule has 2 aromatic carbocycles. The van der Waals surface area contributed by atoms with Gasteiger partial charge in [-0.2, -0.15) is 0 Å². The van der Waals surface area contributed by atoms with E-state index in [-0.39, 0.29) is 17.3 Å². The summed E-state index contributed by atoms with van der Waals surface area (Å²) in [6.45, 7) is 0.0426. The number of nitrogens with zero attached hydrogens (tertiary/aromatic N) is 1. The number of carbonyl (C=O) groups excluding carboxylic acids is 1. The molecule has 1 amide bonds. The third-order valence-electron chi connectivity index (χ3n) is 3.95. The summed E-state index contributed by atoms with van der Waals surface area (Å²) in [7, 11) is -3.74. The van der Waals surface area contributed by atoms with Crippen molar-refractivity contribution in [3.8, 4) is 0 Å². The van der Waals surface area contributed by atoms with Crippen molar-refractivity contribution in [3.63, 3.8) is 0 Å². The Bertz CT molecular complexity index is 1150. The normalized spacial score (nSPS) is 11.5. The highest BCUT2D eigenvalue weighted by Gasteiger charge is 2.14. The number of pyridine rings is 1. The molecule has 2 N–H and O–H groups in total. The van der Waals surface area contributed by atoms with Crippen molar-refractivity contribution in [3.05, 3.63) is 94.2 Å². The maximum atomic E-state index is 12.5. The first-order valence-corrected chi connectivity index (χ1v) is 11.0. The minimum Gasteiger partial charge on any atom is -0.323 e. The Kier molecular flexibility index (Phi) is 7.23. The van der Waals surface area contributed by atoms with Crippen molar-refractivity contribution in [2.45, 2.75) is 11.4 Å². The Labute approximate surface area is 184 Å². The molecule has 0 aliphatic rings. The van der Waals surface area contributed by atoms with Crippen molar-refractivity contribution in [2.24, 2.45) is 0 Å². The molecule has 154 valence electrons. The summed E-state index contributed by atoms with van der Waals surface area (Å²) >= 11 is 11.9. The topological polar surface area (TPSA) is 88.2 Å². The molecule has 0 spiro atoms. The number of benzene rings is 2. The number of halogens is 2. The van der Waals surface area contributed by atoms with Gasteiger partial charge in [-0.15, -0.1) is 0 Å². The molecule has 6 nitrogen and oxygen atoms in total. The van der Waals surface area contributed by atoms with Crippen LogP contribution in [0.2, 0.25) is 10.0 Å². The molecule has 9 heteroatoms. The standard InChI is InChI=1S/C21H17Cl2N3O3S/c22-17-11-16(12-18(23)13-17)14-25-30(28,29)20-4-2-19(3-5-20)26-21(27)6-1-15-7-9-24-10-8-15/h1-13,25H,14H2,(H,26,27)/b6-1+. The fourth-order valence-electron chi connectivity index (χ4n) is 2.52. The molecule has 0 aliphatic carbocycles. The van der Waals surface area contributed by atoms with Gasteiger partial charge in [-0.25, -0.2) is 13.1 Å². The highest BCUT2D eigenvalue weighted by Crippen LogP contribution is 2.20. The Hall–Kier alpha value is -2.71. The molecule has 0 aliphatic heterocycles. The molecular formula is C21H17Cl2N3O3S. The van der Waals surface area contributed by atoms with Crippen LogP contribution < -0.4 is 10.0 Å². The summed E-state index contributed by atoms with van der Waals surface area (Å²) in [4.78, 5) is 16.0. The molecule has 0 unspecified atom stereocenters. The van der Waals surface area contributed by atoms with Crippen LogP contribution in [0.4, 0.5) is 5.69 Å². The third kappa shape index (κ3) is 6.40. The fourth-order valence-corrected chi connectivity index (χ4v) is 4.11. The van der Waals surface area contributed by atoms with Gasteiger partial charge in [0.2, 0.25) is 15.9 Å². The van der Waals surface area contributed by atoms with Crippen molar-refractivity contribution < 1.29 is 13.2 Å². The van der Waals surface area contributed by atoms with Crippen LogP contribution in [-0.2, 0) is 21.4 Å². The van der Waals surface area contributed by atoms with Gasteiger partial charge in [-0.05, 0) is 71.8 Å². The molecule has 1 heterocycles. The van der Waals surface area contributed by atoms with Crippen LogP contribution >= 0.6 is 23.2 Å². The molecule has 0 bridgehead atoms. The highest BCUT2D eigenvalue weighted by atomic mass is 35.5. The van der Waals surface area contributed by atoms with Crippen LogP contribution in [0.5, 0.6) is 0 Å². The number of nitrogens with one attached hydrogen (secondary N) is 2. The Morgan fingerprint density at radius 2 is 1.60 bits per heavy atom. The van der Waals surface area contributed by atoms with Crippen LogP contribution in [-0.4, -0.2) is 19.3 Å². The lowest BCUT2D eigenvalue weighted by molar-refractivity contribution is -0.111. The average Bonchev–Trinajstić information content (AvgIpc) is 2.71. The molecule has 0 atom stereocenters. The van der Waals surface area contributed by atoms with Crippen LogP contribution in [0.1, 0.15) is 11.1 Å². The second-order valence-electron chi connectivity index (χ2n) is 6.23. The molecular weight excluding hydrogens is 445 g/mol. The van der Waals surface area contributed by atoms with E-state index in [1.54, 1.807) is 48.8 Å². The zero-order valence-electron chi connectivity index (χ0n) is 15.5. The van der Waals surface area contributed by atoms with Gasteiger partial charge in [-0.1, -0.05) is 23.2 Å². The van der Waals surface area contributed by atoms with Gasteiger partial charge in [0.1, 0.15) is 0 Å². The van der Waals surface area contributed by atoms with Crippen molar-refractivity contribution in [2.75, 3.05) is 5.32 Å². The Morgan fingerprint density at radius 1 is 0.967 bits per heavy atom. The number of sulfonamides is 1. The van der Waals surface area contributed by atoms with Crippen molar-refractivity contribution >= 4 is 50.9 Å². The second-order valence-corrected chi connectivity index (χ2v) is 8.87. The summed E-state index contributed by atoms with van der Waals surface area (Å²) in [6, 6.07) is 14.2. The lowest BCUT2D eigenvalue weighted by Crippen LogP contribution is -2.23.